The fourth-order valence-corrected chi connectivity index (χ4v) is 1.98. The van der Waals surface area contributed by atoms with Gasteiger partial charge in [-0.3, -0.25) is 0 Å². The Kier molecular flexibility index (Phi) is 2.06. The molecular formula is C9H17N5. The van der Waals surface area contributed by atoms with Gasteiger partial charge in [-0.2, -0.15) is 0 Å². The number of tetrazole rings is 1. The Hall–Kier alpha value is -0.970. The molecule has 0 unspecified atom stereocenters. The minimum Gasteiger partial charge on any atom is -0.325 e. The summed E-state index contributed by atoms with van der Waals surface area (Å²) in [7, 11) is 0. The molecule has 1 saturated carbocycles. The number of nitrogens with zero attached hydrogens (tertiary/aromatic N) is 4. The third kappa shape index (κ3) is 1.64. The van der Waals surface area contributed by atoms with Crippen LogP contribution in [0.5, 0.6) is 0 Å². The molecule has 0 bridgehead atoms. The highest BCUT2D eigenvalue weighted by molar-refractivity contribution is 5.06. The minimum atomic E-state index is -0.0823. The van der Waals surface area contributed by atoms with Crippen LogP contribution in [-0.2, 0) is 6.54 Å². The molecule has 0 radical (unpaired) electrons. The molecule has 5 heteroatoms. The van der Waals surface area contributed by atoms with Gasteiger partial charge in [0.1, 0.15) is 6.33 Å². The zero-order valence-electron chi connectivity index (χ0n) is 8.77. The summed E-state index contributed by atoms with van der Waals surface area (Å²) in [5, 5.41) is 11.1. The zero-order chi connectivity index (χ0) is 10.2. The molecule has 1 aromatic heterocycles. The molecule has 0 saturated heterocycles. The van der Waals surface area contributed by atoms with Gasteiger partial charge in [0, 0.05) is 12.1 Å². The predicted molar refractivity (Wildman–Crippen MR) is 52.4 cm³/mol. The van der Waals surface area contributed by atoms with Crippen molar-refractivity contribution in [3.63, 3.8) is 0 Å². The molecule has 1 heterocycles. The van der Waals surface area contributed by atoms with E-state index in [4.69, 9.17) is 5.73 Å². The molecule has 1 aliphatic rings. The van der Waals surface area contributed by atoms with E-state index in [-0.39, 0.29) is 5.54 Å². The lowest BCUT2D eigenvalue weighted by Crippen LogP contribution is -2.43. The van der Waals surface area contributed by atoms with Crippen LogP contribution >= 0.6 is 0 Å². The van der Waals surface area contributed by atoms with Crippen LogP contribution in [0.15, 0.2) is 6.33 Å². The maximum absolute atomic E-state index is 6.15. The summed E-state index contributed by atoms with van der Waals surface area (Å²) in [5.41, 5.74) is 6.39. The van der Waals surface area contributed by atoms with Crippen LogP contribution in [0.4, 0.5) is 0 Å². The van der Waals surface area contributed by atoms with E-state index >= 15 is 0 Å². The highest BCUT2D eigenvalue weighted by atomic mass is 15.5. The van der Waals surface area contributed by atoms with Crippen LogP contribution in [0, 0.1) is 5.41 Å². The second-order valence-corrected chi connectivity index (χ2v) is 4.82. The lowest BCUT2D eigenvalue weighted by Gasteiger charge is -2.30. The van der Waals surface area contributed by atoms with E-state index in [0.29, 0.717) is 5.41 Å². The molecule has 0 aromatic carbocycles. The number of hydrogen-bond donors (Lipinski definition) is 1. The van der Waals surface area contributed by atoms with Crippen LogP contribution in [0.25, 0.3) is 0 Å². The van der Waals surface area contributed by atoms with Gasteiger partial charge in [0.05, 0.1) is 0 Å². The molecule has 0 spiro atoms. The summed E-state index contributed by atoms with van der Waals surface area (Å²) >= 11 is 0. The third-order valence-corrected chi connectivity index (χ3v) is 3.43. The fraction of sp³-hybridized carbons (Fsp3) is 0.889. The van der Waals surface area contributed by atoms with Gasteiger partial charge in [-0.15, -0.1) is 5.10 Å². The summed E-state index contributed by atoms with van der Waals surface area (Å²) in [5.74, 6) is 0. The number of nitrogens with two attached hydrogens (primary N) is 1. The van der Waals surface area contributed by atoms with Crippen molar-refractivity contribution in [1.82, 2.24) is 20.2 Å². The normalized spacial score (nSPS) is 19.6. The van der Waals surface area contributed by atoms with E-state index in [1.807, 2.05) is 0 Å². The van der Waals surface area contributed by atoms with Gasteiger partial charge in [0.25, 0.3) is 0 Å². The molecule has 0 aliphatic heterocycles. The lowest BCUT2D eigenvalue weighted by molar-refractivity contribution is 0.258. The molecule has 1 aliphatic carbocycles. The Morgan fingerprint density at radius 2 is 2.21 bits per heavy atom. The van der Waals surface area contributed by atoms with Crippen LogP contribution in [0.1, 0.15) is 33.1 Å². The van der Waals surface area contributed by atoms with Gasteiger partial charge >= 0.3 is 0 Å². The van der Waals surface area contributed by atoms with Crippen molar-refractivity contribution < 1.29 is 0 Å². The van der Waals surface area contributed by atoms with E-state index < -0.39 is 0 Å². The molecule has 5 nitrogen and oxygen atoms in total. The fourth-order valence-electron chi connectivity index (χ4n) is 1.98. The number of aryl methyl sites for hydroxylation is 1. The minimum absolute atomic E-state index is 0.0823. The van der Waals surface area contributed by atoms with Crippen molar-refractivity contribution in [3.05, 3.63) is 6.33 Å². The first kappa shape index (κ1) is 9.58. The molecule has 2 rings (SSSR count). The average molecular weight is 195 g/mol. The Bertz CT molecular complexity index is 294. The second kappa shape index (κ2) is 3.02. The van der Waals surface area contributed by atoms with E-state index in [2.05, 4.69) is 29.4 Å². The summed E-state index contributed by atoms with van der Waals surface area (Å²) in [6.07, 6.45) is 5.19. The van der Waals surface area contributed by atoms with Crippen molar-refractivity contribution in [1.29, 1.82) is 0 Å². The third-order valence-electron chi connectivity index (χ3n) is 3.43. The highest BCUT2D eigenvalue weighted by Gasteiger charge is 2.51. The number of hydrogen-bond acceptors (Lipinski definition) is 4. The standard InChI is InChI=1S/C9H17N5/c1-8(2,10)9(3-4-9)5-6-14-7-11-12-13-14/h7H,3-6,10H2,1-2H3. The number of rotatable bonds is 4. The average Bonchev–Trinajstić information content (AvgIpc) is 2.72. The van der Waals surface area contributed by atoms with Gasteiger partial charge in [0.15, 0.2) is 0 Å². The topological polar surface area (TPSA) is 69.6 Å². The first-order valence-electron chi connectivity index (χ1n) is 5.03. The van der Waals surface area contributed by atoms with Gasteiger partial charge in [-0.25, -0.2) is 4.68 Å². The van der Waals surface area contributed by atoms with E-state index in [9.17, 15) is 0 Å². The van der Waals surface area contributed by atoms with Crippen molar-refractivity contribution in [3.8, 4) is 0 Å². The molecule has 1 fully saturated rings. The van der Waals surface area contributed by atoms with E-state index in [0.717, 1.165) is 13.0 Å². The second-order valence-electron chi connectivity index (χ2n) is 4.82. The van der Waals surface area contributed by atoms with Crippen LogP contribution in [-0.4, -0.2) is 25.7 Å². The van der Waals surface area contributed by atoms with E-state index in [1.165, 1.54) is 12.8 Å². The van der Waals surface area contributed by atoms with Crippen molar-refractivity contribution >= 4 is 0 Å². The van der Waals surface area contributed by atoms with Gasteiger partial charge in [0.2, 0.25) is 0 Å². The Morgan fingerprint density at radius 3 is 2.64 bits per heavy atom. The lowest BCUT2D eigenvalue weighted by atomic mass is 9.82. The summed E-state index contributed by atoms with van der Waals surface area (Å²) in [6.45, 7) is 5.09. The molecule has 78 valence electrons. The van der Waals surface area contributed by atoms with Crippen LogP contribution in [0.2, 0.25) is 0 Å². The van der Waals surface area contributed by atoms with Crippen molar-refractivity contribution in [2.24, 2.45) is 11.1 Å². The number of aromatic nitrogens is 4. The first-order chi connectivity index (χ1) is 6.54. The van der Waals surface area contributed by atoms with E-state index in [1.54, 1.807) is 11.0 Å². The Labute approximate surface area is 83.7 Å². The van der Waals surface area contributed by atoms with Gasteiger partial charge in [-0.1, -0.05) is 0 Å². The molecule has 0 atom stereocenters. The molecule has 1 aromatic rings. The largest absolute Gasteiger partial charge is 0.325 e. The SMILES string of the molecule is CC(C)(N)C1(CCn2cnnn2)CC1. The first-order valence-corrected chi connectivity index (χ1v) is 5.03. The summed E-state index contributed by atoms with van der Waals surface area (Å²) < 4.78 is 1.77. The highest BCUT2D eigenvalue weighted by Crippen LogP contribution is 2.55. The summed E-state index contributed by atoms with van der Waals surface area (Å²) in [4.78, 5) is 0. The van der Waals surface area contributed by atoms with Crippen molar-refractivity contribution in [2.45, 2.75) is 45.2 Å². The van der Waals surface area contributed by atoms with Crippen LogP contribution < -0.4 is 5.73 Å². The smallest absolute Gasteiger partial charge is 0.138 e. The molecule has 0 amide bonds. The van der Waals surface area contributed by atoms with Gasteiger partial charge in [-0.05, 0) is 49.0 Å². The maximum Gasteiger partial charge on any atom is 0.138 e. The van der Waals surface area contributed by atoms with Crippen LogP contribution in [0.3, 0.4) is 0 Å². The molecule has 14 heavy (non-hydrogen) atoms. The Morgan fingerprint density at radius 1 is 1.50 bits per heavy atom. The summed E-state index contributed by atoms with van der Waals surface area (Å²) in [6, 6.07) is 0. The predicted octanol–water partition coefficient (Wildman–Crippen LogP) is 0.581. The zero-order valence-corrected chi connectivity index (χ0v) is 8.77. The molecular weight excluding hydrogens is 178 g/mol. The maximum atomic E-state index is 6.15. The quantitative estimate of drug-likeness (QED) is 0.763. The Balaban J connectivity index is 1.93. The van der Waals surface area contributed by atoms with Gasteiger partial charge < -0.3 is 5.73 Å². The molecule has 2 N–H and O–H groups in total. The monoisotopic (exact) mass is 195 g/mol. The van der Waals surface area contributed by atoms with Crippen molar-refractivity contribution in [2.75, 3.05) is 0 Å².